The fourth-order valence-electron chi connectivity index (χ4n) is 1.40. The molecule has 6 heteroatoms. The van der Waals surface area contributed by atoms with E-state index in [4.69, 9.17) is 9.66 Å². The molecule has 1 rings (SSSR count). The van der Waals surface area contributed by atoms with Crippen molar-refractivity contribution in [2.75, 3.05) is 0 Å². The summed E-state index contributed by atoms with van der Waals surface area (Å²) in [4.78, 5) is -2.40. The zero-order valence-electron chi connectivity index (χ0n) is 7.87. The SMILES string of the molecule is C=CCC1C=C(O)C=CC1(O)S(=O)(=O)O. The lowest BCUT2D eigenvalue weighted by atomic mass is 9.93. The molecule has 15 heavy (non-hydrogen) atoms. The van der Waals surface area contributed by atoms with Crippen LogP contribution >= 0.6 is 0 Å². The minimum absolute atomic E-state index is 0.116. The number of rotatable bonds is 3. The van der Waals surface area contributed by atoms with Crippen LogP contribution in [0.15, 0.2) is 36.6 Å². The summed E-state index contributed by atoms with van der Waals surface area (Å²) in [5, 5.41) is 18.9. The van der Waals surface area contributed by atoms with Gasteiger partial charge in [-0.1, -0.05) is 6.08 Å². The highest BCUT2D eigenvalue weighted by atomic mass is 32.2. The Hall–Kier alpha value is -1.11. The van der Waals surface area contributed by atoms with Gasteiger partial charge < -0.3 is 10.2 Å². The Morgan fingerprint density at radius 2 is 2.20 bits per heavy atom. The van der Waals surface area contributed by atoms with Crippen LogP contribution in [0, 0.1) is 5.92 Å². The predicted octanol–water partition coefficient (Wildman–Crippen LogP) is 0.767. The molecule has 0 saturated heterocycles. The van der Waals surface area contributed by atoms with Gasteiger partial charge in [0, 0.05) is 5.92 Å². The maximum atomic E-state index is 11.0. The number of hydrogen-bond acceptors (Lipinski definition) is 4. The molecular formula is C9H12O5S. The van der Waals surface area contributed by atoms with Crippen LogP contribution < -0.4 is 0 Å². The Balaban J connectivity index is 3.19. The van der Waals surface area contributed by atoms with Gasteiger partial charge in [-0.2, -0.15) is 8.42 Å². The molecule has 5 nitrogen and oxygen atoms in total. The van der Waals surface area contributed by atoms with Gasteiger partial charge in [0.15, 0.2) is 0 Å². The van der Waals surface area contributed by atoms with Crippen LogP contribution in [0.25, 0.3) is 0 Å². The van der Waals surface area contributed by atoms with Crippen LogP contribution in [0.5, 0.6) is 0 Å². The first kappa shape index (κ1) is 12.0. The molecule has 0 aromatic heterocycles. The molecule has 2 atom stereocenters. The zero-order chi connectivity index (χ0) is 11.7. The van der Waals surface area contributed by atoms with Crippen molar-refractivity contribution < 1.29 is 23.2 Å². The van der Waals surface area contributed by atoms with Crippen molar-refractivity contribution in [2.45, 2.75) is 11.4 Å². The molecule has 0 heterocycles. The molecule has 3 N–H and O–H groups in total. The van der Waals surface area contributed by atoms with Gasteiger partial charge in [0.1, 0.15) is 5.76 Å². The Morgan fingerprint density at radius 1 is 1.60 bits per heavy atom. The molecule has 0 saturated carbocycles. The summed E-state index contributed by atoms with van der Waals surface area (Å²) in [6.07, 6.45) is 4.54. The van der Waals surface area contributed by atoms with E-state index >= 15 is 0 Å². The van der Waals surface area contributed by atoms with E-state index in [1.165, 1.54) is 6.08 Å². The maximum Gasteiger partial charge on any atom is 0.299 e. The smallest absolute Gasteiger partial charge is 0.299 e. The number of aliphatic hydroxyl groups is 2. The first-order chi connectivity index (χ1) is 6.81. The van der Waals surface area contributed by atoms with E-state index in [1.807, 2.05) is 0 Å². The van der Waals surface area contributed by atoms with Crippen molar-refractivity contribution >= 4 is 10.1 Å². The molecule has 0 fully saturated rings. The second kappa shape index (κ2) is 3.80. The van der Waals surface area contributed by atoms with E-state index in [0.717, 1.165) is 18.2 Å². The Kier molecular flexibility index (Phi) is 3.03. The summed E-state index contributed by atoms with van der Waals surface area (Å²) in [7, 11) is -4.65. The molecule has 0 bridgehead atoms. The van der Waals surface area contributed by atoms with E-state index in [1.54, 1.807) is 0 Å². The van der Waals surface area contributed by atoms with E-state index in [-0.39, 0.29) is 12.2 Å². The van der Waals surface area contributed by atoms with Gasteiger partial charge >= 0.3 is 0 Å². The van der Waals surface area contributed by atoms with Crippen LogP contribution in [0.2, 0.25) is 0 Å². The summed E-state index contributed by atoms with van der Waals surface area (Å²) in [5.41, 5.74) is 0. The molecule has 0 aliphatic heterocycles. The normalized spacial score (nSPS) is 31.1. The fraction of sp³-hybridized carbons (Fsp3) is 0.333. The second-order valence-electron chi connectivity index (χ2n) is 3.28. The molecule has 0 spiro atoms. The van der Waals surface area contributed by atoms with E-state index in [9.17, 15) is 13.5 Å². The quantitative estimate of drug-likeness (QED) is 0.493. The average Bonchev–Trinajstić information content (AvgIpc) is 2.10. The minimum atomic E-state index is -4.65. The first-order valence-electron chi connectivity index (χ1n) is 4.21. The Labute approximate surface area is 87.8 Å². The van der Waals surface area contributed by atoms with E-state index in [0.29, 0.717) is 0 Å². The Morgan fingerprint density at radius 3 is 2.67 bits per heavy atom. The highest BCUT2D eigenvalue weighted by Crippen LogP contribution is 2.33. The summed E-state index contributed by atoms with van der Waals surface area (Å²) in [6.45, 7) is 3.40. The van der Waals surface area contributed by atoms with Gasteiger partial charge in [-0.3, -0.25) is 4.55 Å². The molecule has 0 radical (unpaired) electrons. The molecule has 0 amide bonds. The third-order valence-corrected chi connectivity index (χ3v) is 3.50. The largest absolute Gasteiger partial charge is 0.508 e. The highest BCUT2D eigenvalue weighted by Gasteiger charge is 2.46. The molecule has 1 aliphatic carbocycles. The maximum absolute atomic E-state index is 11.0. The number of aliphatic hydroxyl groups excluding tert-OH is 1. The summed E-state index contributed by atoms with van der Waals surface area (Å²) in [6, 6.07) is 0. The second-order valence-corrected chi connectivity index (χ2v) is 4.89. The third kappa shape index (κ3) is 2.11. The van der Waals surface area contributed by atoms with Crippen LogP contribution in [-0.4, -0.2) is 28.1 Å². The molecular weight excluding hydrogens is 220 g/mol. The zero-order valence-corrected chi connectivity index (χ0v) is 8.68. The van der Waals surface area contributed by atoms with Crippen molar-refractivity contribution in [3.8, 4) is 0 Å². The van der Waals surface area contributed by atoms with Crippen LogP contribution in [0.4, 0.5) is 0 Å². The minimum Gasteiger partial charge on any atom is -0.508 e. The Bertz CT molecular complexity index is 420. The van der Waals surface area contributed by atoms with Crippen LogP contribution in [-0.2, 0) is 10.1 Å². The van der Waals surface area contributed by atoms with Gasteiger partial charge in [0.05, 0.1) is 0 Å². The molecule has 84 valence electrons. The fourth-order valence-corrected chi connectivity index (χ4v) is 2.19. The molecule has 0 aromatic carbocycles. The average molecular weight is 232 g/mol. The van der Waals surface area contributed by atoms with Crippen molar-refractivity contribution in [1.29, 1.82) is 0 Å². The number of hydrogen-bond donors (Lipinski definition) is 3. The standard InChI is InChI=1S/C9H12O5S/c1-2-3-7-6-8(10)4-5-9(7,11)15(12,13)14/h2,4-7,10-11H,1,3H2,(H,12,13,14). The van der Waals surface area contributed by atoms with Crippen molar-refractivity contribution in [3.63, 3.8) is 0 Å². The molecule has 2 unspecified atom stereocenters. The predicted molar refractivity (Wildman–Crippen MR) is 54.7 cm³/mol. The van der Waals surface area contributed by atoms with Gasteiger partial charge in [-0.15, -0.1) is 6.58 Å². The first-order valence-corrected chi connectivity index (χ1v) is 5.65. The topological polar surface area (TPSA) is 94.8 Å². The summed E-state index contributed by atoms with van der Waals surface area (Å²) >= 11 is 0. The third-order valence-electron chi connectivity index (χ3n) is 2.23. The van der Waals surface area contributed by atoms with Crippen LogP contribution in [0.3, 0.4) is 0 Å². The van der Waals surface area contributed by atoms with Crippen molar-refractivity contribution in [2.24, 2.45) is 5.92 Å². The van der Waals surface area contributed by atoms with E-state index < -0.39 is 21.0 Å². The van der Waals surface area contributed by atoms with Gasteiger partial charge in [0.2, 0.25) is 4.93 Å². The van der Waals surface area contributed by atoms with Gasteiger partial charge in [-0.05, 0) is 24.6 Å². The molecule has 0 aromatic rings. The monoisotopic (exact) mass is 232 g/mol. The van der Waals surface area contributed by atoms with E-state index in [2.05, 4.69) is 6.58 Å². The van der Waals surface area contributed by atoms with Crippen molar-refractivity contribution in [1.82, 2.24) is 0 Å². The highest BCUT2D eigenvalue weighted by molar-refractivity contribution is 7.87. The van der Waals surface area contributed by atoms with Gasteiger partial charge in [0.25, 0.3) is 10.1 Å². The van der Waals surface area contributed by atoms with Crippen LogP contribution in [0.1, 0.15) is 6.42 Å². The number of allylic oxidation sites excluding steroid dienone is 2. The lowest BCUT2D eigenvalue weighted by Gasteiger charge is -2.30. The molecule has 1 aliphatic rings. The van der Waals surface area contributed by atoms with Crippen molar-refractivity contribution in [3.05, 3.63) is 36.6 Å². The van der Waals surface area contributed by atoms with Gasteiger partial charge in [-0.25, -0.2) is 0 Å². The lowest BCUT2D eigenvalue weighted by molar-refractivity contribution is 0.114. The summed E-state index contributed by atoms with van der Waals surface area (Å²) < 4.78 is 30.9. The summed E-state index contributed by atoms with van der Waals surface area (Å²) in [5.74, 6) is -1.11. The lowest BCUT2D eigenvalue weighted by Crippen LogP contribution is -2.44.